The number of hydrogen-bond donors (Lipinski definition) is 1. The van der Waals surface area contributed by atoms with E-state index in [0.29, 0.717) is 6.54 Å². The molecule has 106 valence electrons. The first kappa shape index (κ1) is 15.0. The molecule has 20 heavy (non-hydrogen) atoms. The summed E-state index contributed by atoms with van der Waals surface area (Å²) in [6, 6.07) is 10.3. The molecule has 0 aliphatic heterocycles. The van der Waals surface area contributed by atoms with Gasteiger partial charge in [0.05, 0.1) is 0 Å². The van der Waals surface area contributed by atoms with Crippen molar-refractivity contribution in [2.75, 3.05) is 6.54 Å². The largest absolute Gasteiger partial charge is 0.233 e. The lowest BCUT2D eigenvalue weighted by Crippen LogP contribution is -2.25. The van der Waals surface area contributed by atoms with Crippen LogP contribution in [0.5, 0.6) is 0 Å². The van der Waals surface area contributed by atoms with Gasteiger partial charge in [-0.3, -0.25) is 0 Å². The van der Waals surface area contributed by atoms with Crippen LogP contribution in [-0.2, 0) is 10.0 Å². The Balaban J connectivity index is 2.04. The molecule has 0 bridgehead atoms. The molecule has 1 heterocycles. The molecule has 0 radical (unpaired) electrons. The van der Waals surface area contributed by atoms with E-state index >= 15 is 0 Å². The number of benzene rings is 1. The van der Waals surface area contributed by atoms with E-state index in [2.05, 4.69) is 40.3 Å². The van der Waals surface area contributed by atoms with Crippen LogP contribution in [0, 0.1) is 0 Å². The summed E-state index contributed by atoms with van der Waals surface area (Å²) in [5.41, 5.74) is 3.49. The molecule has 0 aliphatic rings. The lowest BCUT2D eigenvalue weighted by atomic mass is 9.99. The van der Waals surface area contributed by atoms with Gasteiger partial charge < -0.3 is 0 Å². The SMILES string of the molecule is C=CS(=O)(=O)NCC(C)c1ccc(-c2ccsc2)cc1. The fourth-order valence-electron chi connectivity index (χ4n) is 1.85. The van der Waals surface area contributed by atoms with Crippen molar-refractivity contribution < 1.29 is 8.42 Å². The van der Waals surface area contributed by atoms with Crippen molar-refractivity contribution in [3.05, 3.63) is 58.6 Å². The standard InChI is InChI=1S/C15H17NO2S2/c1-3-20(17,18)16-10-12(2)13-4-6-14(7-5-13)15-8-9-19-11-15/h3-9,11-12,16H,1,10H2,2H3. The molecule has 0 saturated carbocycles. The molecule has 2 rings (SSSR count). The quantitative estimate of drug-likeness (QED) is 0.886. The summed E-state index contributed by atoms with van der Waals surface area (Å²) < 4.78 is 25.1. The molecule has 0 fully saturated rings. The maximum absolute atomic E-state index is 11.3. The number of rotatable bonds is 6. The number of hydrogen-bond acceptors (Lipinski definition) is 3. The highest BCUT2D eigenvalue weighted by Crippen LogP contribution is 2.24. The molecule has 1 atom stereocenters. The molecule has 0 amide bonds. The molecule has 1 N–H and O–H groups in total. The second kappa shape index (κ2) is 6.35. The lowest BCUT2D eigenvalue weighted by molar-refractivity contribution is 0.584. The van der Waals surface area contributed by atoms with Gasteiger partial charge in [-0.05, 0) is 39.4 Å². The van der Waals surface area contributed by atoms with Crippen LogP contribution in [0.3, 0.4) is 0 Å². The monoisotopic (exact) mass is 307 g/mol. The van der Waals surface area contributed by atoms with Crippen molar-refractivity contribution >= 4 is 21.4 Å². The molecular formula is C15H17NO2S2. The van der Waals surface area contributed by atoms with Crippen LogP contribution in [0.1, 0.15) is 18.4 Å². The van der Waals surface area contributed by atoms with Gasteiger partial charge in [-0.1, -0.05) is 37.8 Å². The molecule has 0 spiro atoms. The van der Waals surface area contributed by atoms with Gasteiger partial charge in [0.25, 0.3) is 0 Å². The van der Waals surface area contributed by atoms with Crippen molar-refractivity contribution in [2.24, 2.45) is 0 Å². The van der Waals surface area contributed by atoms with E-state index in [0.717, 1.165) is 11.0 Å². The van der Waals surface area contributed by atoms with E-state index in [4.69, 9.17) is 0 Å². The normalized spacial score (nSPS) is 13.1. The summed E-state index contributed by atoms with van der Waals surface area (Å²) in [4.78, 5) is 0. The highest BCUT2D eigenvalue weighted by molar-refractivity contribution is 7.92. The second-order valence-corrected chi connectivity index (χ2v) is 7.09. The van der Waals surface area contributed by atoms with Gasteiger partial charge in [0, 0.05) is 12.0 Å². The fraction of sp³-hybridized carbons (Fsp3) is 0.200. The van der Waals surface area contributed by atoms with Gasteiger partial charge >= 0.3 is 0 Å². The van der Waals surface area contributed by atoms with E-state index in [1.165, 1.54) is 11.1 Å². The second-order valence-electron chi connectivity index (χ2n) is 4.60. The Hall–Kier alpha value is -1.43. The maximum Gasteiger partial charge on any atom is 0.233 e. The zero-order chi connectivity index (χ0) is 14.6. The summed E-state index contributed by atoms with van der Waals surface area (Å²) >= 11 is 1.67. The smallest absolute Gasteiger partial charge is 0.211 e. The van der Waals surface area contributed by atoms with Crippen LogP contribution < -0.4 is 4.72 Å². The Labute approximate surface area is 124 Å². The van der Waals surface area contributed by atoms with Crippen molar-refractivity contribution in [3.63, 3.8) is 0 Å². The average Bonchev–Trinajstić information content (AvgIpc) is 2.99. The van der Waals surface area contributed by atoms with E-state index in [-0.39, 0.29) is 5.92 Å². The molecular weight excluding hydrogens is 290 g/mol. The van der Waals surface area contributed by atoms with Gasteiger partial charge in [0.15, 0.2) is 0 Å². The first-order chi connectivity index (χ1) is 9.52. The van der Waals surface area contributed by atoms with Crippen LogP contribution in [0.25, 0.3) is 11.1 Å². The summed E-state index contributed by atoms with van der Waals surface area (Å²) in [7, 11) is -3.35. The van der Waals surface area contributed by atoms with E-state index in [1.807, 2.05) is 19.1 Å². The maximum atomic E-state index is 11.3. The third-order valence-electron chi connectivity index (χ3n) is 3.14. The predicted octanol–water partition coefficient (Wildman–Crippen LogP) is 3.58. The Kier molecular flexibility index (Phi) is 4.75. The molecule has 0 saturated heterocycles. The fourth-order valence-corrected chi connectivity index (χ4v) is 3.12. The summed E-state index contributed by atoms with van der Waals surface area (Å²) in [5.74, 6) is 0.112. The molecule has 3 nitrogen and oxygen atoms in total. The zero-order valence-corrected chi connectivity index (χ0v) is 12.9. The van der Waals surface area contributed by atoms with Gasteiger partial charge in [-0.15, -0.1) is 0 Å². The number of thiophene rings is 1. The lowest BCUT2D eigenvalue weighted by Gasteiger charge is -2.12. The topological polar surface area (TPSA) is 46.2 Å². The molecule has 1 aromatic heterocycles. The molecule has 1 aromatic carbocycles. The highest BCUT2D eigenvalue weighted by atomic mass is 32.2. The molecule has 1 unspecified atom stereocenters. The third kappa shape index (κ3) is 3.79. The molecule has 0 aliphatic carbocycles. The van der Waals surface area contributed by atoms with Crippen LogP contribution in [0.15, 0.2) is 53.1 Å². The average molecular weight is 307 g/mol. The van der Waals surface area contributed by atoms with E-state index in [1.54, 1.807) is 11.3 Å². The Morgan fingerprint density at radius 1 is 1.25 bits per heavy atom. The molecule has 2 aromatic rings. The van der Waals surface area contributed by atoms with Crippen LogP contribution >= 0.6 is 11.3 Å². The van der Waals surface area contributed by atoms with Crippen LogP contribution in [0.4, 0.5) is 0 Å². The first-order valence-electron chi connectivity index (χ1n) is 6.26. The Morgan fingerprint density at radius 2 is 1.95 bits per heavy atom. The van der Waals surface area contributed by atoms with Gasteiger partial charge in [-0.25, -0.2) is 13.1 Å². The van der Waals surface area contributed by atoms with Crippen molar-refractivity contribution in [3.8, 4) is 11.1 Å². The van der Waals surface area contributed by atoms with Gasteiger partial charge in [0.1, 0.15) is 0 Å². The van der Waals surface area contributed by atoms with Gasteiger partial charge in [-0.2, -0.15) is 11.3 Å². The summed E-state index contributed by atoms with van der Waals surface area (Å²) in [5, 5.41) is 5.09. The van der Waals surface area contributed by atoms with Crippen molar-refractivity contribution in [2.45, 2.75) is 12.8 Å². The van der Waals surface area contributed by atoms with E-state index < -0.39 is 10.0 Å². The minimum atomic E-state index is -3.35. The van der Waals surface area contributed by atoms with Crippen molar-refractivity contribution in [1.29, 1.82) is 0 Å². The summed E-state index contributed by atoms with van der Waals surface area (Å²) in [6.45, 7) is 5.63. The zero-order valence-electron chi connectivity index (χ0n) is 11.2. The Bertz CT molecular complexity index is 658. The number of sulfonamides is 1. The van der Waals surface area contributed by atoms with Crippen molar-refractivity contribution in [1.82, 2.24) is 4.72 Å². The van der Waals surface area contributed by atoms with Crippen LogP contribution in [-0.4, -0.2) is 15.0 Å². The minimum Gasteiger partial charge on any atom is -0.211 e. The highest BCUT2D eigenvalue weighted by Gasteiger charge is 2.10. The van der Waals surface area contributed by atoms with E-state index in [9.17, 15) is 8.42 Å². The number of nitrogens with one attached hydrogen (secondary N) is 1. The van der Waals surface area contributed by atoms with Gasteiger partial charge in [0.2, 0.25) is 10.0 Å². The summed E-state index contributed by atoms with van der Waals surface area (Å²) in [6.07, 6.45) is 0. The van der Waals surface area contributed by atoms with Crippen LogP contribution in [0.2, 0.25) is 0 Å². The predicted molar refractivity (Wildman–Crippen MR) is 85.3 cm³/mol. The minimum absolute atomic E-state index is 0.112. The third-order valence-corrected chi connectivity index (χ3v) is 4.84. The first-order valence-corrected chi connectivity index (χ1v) is 8.75. The Morgan fingerprint density at radius 3 is 2.50 bits per heavy atom. The molecule has 5 heteroatoms.